The molecule has 0 amide bonds. The molecule has 0 saturated carbocycles. The van der Waals surface area contributed by atoms with Gasteiger partial charge in [0.05, 0.1) is 5.34 Å². The highest BCUT2D eigenvalue weighted by molar-refractivity contribution is 7.18. The molecular formula is C9H21OP. The van der Waals surface area contributed by atoms with E-state index in [1.54, 1.807) is 0 Å². The summed E-state index contributed by atoms with van der Waals surface area (Å²) in [7, 11) is 2.56. The Morgan fingerprint density at radius 2 is 1.36 bits per heavy atom. The summed E-state index contributed by atoms with van der Waals surface area (Å²) in [6, 6.07) is 0. The minimum Gasteiger partial charge on any atom is -0.386 e. The molecule has 0 aromatic carbocycles. The van der Waals surface area contributed by atoms with Crippen LogP contribution < -0.4 is 0 Å². The molecule has 0 aliphatic rings. The molecule has 0 fully saturated rings. The summed E-state index contributed by atoms with van der Waals surface area (Å²) >= 11 is 0. The zero-order chi connectivity index (χ0) is 9.07. The average Bonchev–Trinajstić information content (AvgIpc) is 1.53. The molecule has 11 heavy (non-hydrogen) atoms. The summed E-state index contributed by atoms with van der Waals surface area (Å²) in [6.45, 7) is 8.54. The quantitative estimate of drug-likeness (QED) is 0.653. The van der Waals surface area contributed by atoms with Crippen molar-refractivity contribution in [3.63, 3.8) is 0 Å². The predicted octanol–water partition coefficient (Wildman–Crippen LogP) is 2.64. The highest BCUT2D eigenvalue weighted by Crippen LogP contribution is 2.30. The molecule has 0 aliphatic carbocycles. The molecule has 0 aromatic rings. The molecule has 1 unspecified atom stereocenters. The third-order valence-corrected chi connectivity index (χ3v) is 1.99. The fourth-order valence-corrected chi connectivity index (χ4v) is 2.44. The Kier molecular flexibility index (Phi) is 4.58. The van der Waals surface area contributed by atoms with E-state index in [1.165, 1.54) is 0 Å². The van der Waals surface area contributed by atoms with Gasteiger partial charge >= 0.3 is 0 Å². The average molecular weight is 176 g/mol. The molecule has 0 spiro atoms. The molecule has 0 aliphatic heterocycles. The Labute approximate surface area is 72.8 Å². The normalized spacial score (nSPS) is 13.1. The monoisotopic (exact) mass is 176 g/mol. The fraction of sp³-hybridized carbons (Fsp3) is 1.00. The maximum Gasteiger partial charge on any atom is 0.0783 e. The van der Waals surface area contributed by atoms with Crippen LogP contribution in [-0.4, -0.2) is 10.4 Å². The summed E-state index contributed by atoms with van der Waals surface area (Å²) in [4.78, 5) is 0. The smallest absolute Gasteiger partial charge is 0.0783 e. The van der Waals surface area contributed by atoms with Gasteiger partial charge < -0.3 is 5.11 Å². The summed E-state index contributed by atoms with van der Waals surface area (Å²) in [5.41, 5.74) is 0. The first-order chi connectivity index (χ1) is 4.83. The highest BCUT2D eigenvalue weighted by atomic mass is 31.0. The Bertz CT molecular complexity index is 96.1. The van der Waals surface area contributed by atoms with Crippen molar-refractivity contribution in [1.82, 2.24) is 0 Å². The first-order valence-corrected chi connectivity index (χ1v) is 4.92. The second-order valence-electron chi connectivity index (χ2n) is 4.30. The lowest BCUT2D eigenvalue weighted by atomic mass is 9.97. The van der Waals surface area contributed by atoms with Gasteiger partial charge in [0.15, 0.2) is 0 Å². The van der Waals surface area contributed by atoms with Crippen molar-refractivity contribution in [3.05, 3.63) is 0 Å². The third kappa shape index (κ3) is 6.77. The van der Waals surface area contributed by atoms with E-state index in [9.17, 15) is 5.11 Å². The van der Waals surface area contributed by atoms with Crippen molar-refractivity contribution in [2.45, 2.75) is 45.9 Å². The Hall–Kier alpha value is 0.390. The molecule has 0 radical (unpaired) electrons. The number of hydrogen-bond donors (Lipinski definition) is 1. The third-order valence-electron chi connectivity index (χ3n) is 1.52. The van der Waals surface area contributed by atoms with Crippen molar-refractivity contribution >= 4 is 9.24 Å². The lowest BCUT2D eigenvalue weighted by Gasteiger charge is -2.26. The molecule has 1 N–H and O–H groups in total. The number of rotatable bonds is 4. The molecule has 1 atom stereocenters. The minimum absolute atomic E-state index is 0.539. The second kappa shape index (κ2) is 4.42. The van der Waals surface area contributed by atoms with Crippen LogP contribution in [0.25, 0.3) is 0 Å². The van der Waals surface area contributed by atoms with E-state index in [-0.39, 0.29) is 0 Å². The lowest BCUT2D eigenvalue weighted by molar-refractivity contribution is 0.0889. The van der Waals surface area contributed by atoms with Crippen molar-refractivity contribution in [2.75, 3.05) is 0 Å². The van der Waals surface area contributed by atoms with Gasteiger partial charge in [-0.2, -0.15) is 0 Å². The van der Waals surface area contributed by atoms with Crippen molar-refractivity contribution in [3.8, 4) is 0 Å². The molecular weight excluding hydrogens is 155 g/mol. The molecule has 0 bridgehead atoms. The van der Waals surface area contributed by atoms with E-state index in [0.717, 1.165) is 12.8 Å². The van der Waals surface area contributed by atoms with E-state index >= 15 is 0 Å². The van der Waals surface area contributed by atoms with Crippen LogP contribution in [0.5, 0.6) is 0 Å². The van der Waals surface area contributed by atoms with E-state index in [2.05, 4.69) is 36.9 Å². The van der Waals surface area contributed by atoms with Gasteiger partial charge in [-0.05, 0) is 24.7 Å². The first kappa shape index (κ1) is 11.4. The van der Waals surface area contributed by atoms with E-state index in [4.69, 9.17) is 0 Å². The van der Waals surface area contributed by atoms with Crippen LogP contribution in [0, 0.1) is 11.8 Å². The van der Waals surface area contributed by atoms with E-state index in [1.807, 2.05) is 0 Å². The van der Waals surface area contributed by atoms with E-state index < -0.39 is 5.34 Å². The summed E-state index contributed by atoms with van der Waals surface area (Å²) in [6.07, 6.45) is 1.74. The largest absolute Gasteiger partial charge is 0.386 e. The van der Waals surface area contributed by atoms with Gasteiger partial charge in [0.25, 0.3) is 0 Å². The molecule has 68 valence electrons. The maximum atomic E-state index is 9.82. The van der Waals surface area contributed by atoms with Crippen LogP contribution in [0.2, 0.25) is 0 Å². The van der Waals surface area contributed by atoms with Gasteiger partial charge in [0.2, 0.25) is 0 Å². The van der Waals surface area contributed by atoms with Crippen LogP contribution in [0.3, 0.4) is 0 Å². The van der Waals surface area contributed by atoms with Crippen LogP contribution in [0.4, 0.5) is 0 Å². The fourth-order valence-electron chi connectivity index (χ4n) is 1.50. The topological polar surface area (TPSA) is 20.2 Å². The van der Waals surface area contributed by atoms with Gasteiger partial charge in [-0.1, -0.05) is 27.7 Å². The number of hydrogen-bond acceptors (Lipinski definition) is 1. The molecule has 2 heteroatoms. The van der Waals surface area contributed by atoms with Gasteiger partial charge in [0.1, 0.15) is 0 Å². The number of aliphatic hydroxyl groups is 1. The molecule has 0 aromatic heterocycles. The van der Waals surface area contributed by atoms with Gasteiger partial charge in [-0.25, -0.2) is 0 Å². The van der Waals surface area contributed by atoms with Crippen LogP contribution in [0.1, 0.15) is 40.5 Å². The molecule has 0 rings (SSSR count). The maximum absolute atomic E-state index is 9.82. The van der Waals surface area contributed by atoms with E-state index in [0.29, 0.717) is 11.8 Å². The van der Waals surface area contributed by atoms with Crippen molar-refractivity contribution < 1.29 is 5.11 Å². The zero-order valence-electron chi connectivity index (χ0n) is 8.09. The predicted molar refractivity (Wildman–Crippen MR) is 53.6 cm³/mol. The Balaban J connectivity index is 3.79. The Morgan fingerprint density at radius 3 is 1.55 bits per heavy atom. The summed E-state index contributed by atoms with van der Waals surface area (Å²) in [5.74, 6) is 1.13. The van der Waals surface area contributed by atoms with Gasteiger partial charge in [-0.3, -0.25) is 0 Å². The van der Waals surface area contributed by atoms with Crippen molar-refractivity contribution in [2.24, 2.45) is 11.8 Å². The Morgan fingerprint density at radius 1 is 1.09 bits per heavy atom. The molecule has 1 nitrogen and oxygen atoms in total. The first-order valence-electron chi connectivity index (χ1n) is 4.35. The van der Waals surface area contributed by atoms with Gasteiger partial charge in [-0.15, -0.1) is 9.24 Å². The minimum atomic E-state index is -0.539. The van der Waals surface area contributed by atoms with Crippen LogP contribution >= 0.6 is 9.24 Å². The SMILES string of the molecule is CC(C)CC(O)(P)CC(C)C. The van der Waals surface area contributed by atoms with Crippen LogP contribution in [0.15, 0.2) is 0 Å². The van der Waals surface area contributed by atoms with Crippen molar-refractivity contribution in [1.29, 1.82) is 0 Å². The summed E-state index contributed by atoms with van der Waals surface area (Å²) in [5, 5.41) is 9.28. The standard InChI is InChI=1S/C9H21OP/c1-7(2)5-9(10,11)6-8(3)4/h7-8,10H,5-6,11H2,1-4H3. The zero-order valence-corrected chi connectivity index (χ0v) is 9.25. The summed E-state index contributed by atoms with van der Waals surface area (Å²) < 4.78 is 0. The molecule has 0 saturated heterocycles. The van der Waals surface area contributed by atoms with Gasteiger partial charge in [0, 0.05) is 0 Å². The molecule has 0 heterocycles. The lowest BCUT2D eigenvalue weighted by Crippen LogP contribution is -2.24. The second-order valence-corrected chi connectivity index (χ2v) is 5.37. The van der Waals surface area contributed by atoms with Crippen LogP contribution in [-0.2, 0) is 0 Å². The highest BCUT2D eigenvalue weighted by Gasteiger charge is 2.22.